The highest BCUT2D eigenvalue weighted by molar-refractivity contribution is 7.86. The molecule has 0 N–H and O–H groups in total. The van der Waals surface area contributed by atoms with Crippen molar-refractivity contribution in [1.29, 1.82) is 0 Å². The molecule has 0 aliphatic heterocycles. The molecule has 2 aromatic carbocycles. The lowest BCUT2D eigenvalue weighted by Gasteiger charge is -2.12. The van der Waals surface area contributed by atoms with Crippen molar-refractivity contribution < 1.29 is 52.1 Å². The number of carbonyl (C=O) groups is 1. The lowest BCUT2D eigenvalue weighted by molar-refractivity contribution is -0.578. The van der Waals surface area contributed by atoms with Gasteiger partial charge in [0, 0.05) is 18.4 Å². The molecule has 30 heavy (non-hydrogen) atoms. The minimum Gasteiger partial charge on any atom is -0.741 e. The van der Waals surface area contributed by atoms with E-state index in [1.54, 1.807) is 0 Å². The van der Waals surface area contributed by atoms with Gasteiger partial charge in [-0.15, -0.1) is 0 Å². The Morgan fingerprint density at radius 2 is 1.50 bits per heavy atom. The number of benzene rings is 2. The fourth-order valence-electron chi connectivity index (χ4n) is 2.51. The molecule has 0 spiro atoms. The second-order valence-electron chi connectivity index (χ2n) is 6.30. The van der Waals surface area contributed by atoms with E-state index in [0.717, 1.165) is 24.0 Å². The average molecular weight is 550 g/mol. The van der Waals surface area contributed by atoms with Crippen molar-refractivity contribution in [3.05, 3.63) is 90.6 Å². The third-order valence-electron chi connectivity index (χ3n) is 3.96. The summed E-state index contributed by atoms with van der Waals surface area (Å²) in [4.78, 5) is 12.9. The Hall–Kier alpha value is -1.98. The summed E-state index contributed by atoms with van der Waals surface area (Å²) < 4.78 is 61.6. The largest absolute Gasteiger partial charge is 0.741 e. The molecular weight excluding hydrogens is 532 g/mol. The molecular formula is C21H18F3IO4S. The standard InChI is InChI=1S/C20H18IO.CHF3O3S/c1-15-12-13-19(21-17-10-6-3-7-11-17)18(14-15)20(22)16-8-4-2-5-9-16;2-1(3,4)8(5,6)7/h2-12H,13-14H2,1H3;(H,5,6,7)/q+1;/p-1. The first-order chi connectivity index (χ1) is 14.0. The lowest BCUT2D eigenvalue weighted by atomic mass is 9.93. The summed E-state index contributed by atoms with van der Waals surface area (Å²) in [6.45, 7) is 2.12. The molecule has 3 rings (SSSR count). The first-order valence-corrected chi connectivity index (χ1v) is 12.2. The average Bonchev–Trinajstić information content (AvgIpc) is 2.69. The second kappa shape index (κ2) is 10.4. The highest BCUT2D eigenvalue weighted by Crippen LogP contribution is 2.23. The van der Waals surface area contributed by atoms with Crippen molar-refractivity contribution in [2.75, 3.05) is 0 Å². The van der Waals surface area contributed by atoms with Gasteiger partial charge >= 0.3 is 26.7 Å². The van der Waals surface area contributed by atoms with Gasteiger partial charge in [-0.25, -0.2) is 8.42 Å². The van der Waals surface area contributed by atoms with Gasteiger partial charge < -0.3 is 4.55 Å². The molecule has 0 saturated carbocycles. The molecule has 0 amide bonds. The molecule has 0 atom stereocenters. The van der Waals surface area contributed by atoms with Crippen LogP contribution >= 0.6 is 0 Å². The third-order valence-corrected chi connectivity index (χ3v) is 7.61. The number of alkyl halides is 3. The van der Waals surface area contributed by atoms with Crippen molar-refractivity contribution >= 4 is 15.9 Å². The summed E-state index contributed by atoms with van der Waals surface area (Å²) >= 11 is -0.265. The zero-order valence-corrected chi connectivity index (χ0v) is 18.8. The minimum atomic E-state index is -6.09. The van der Waals surface area contributed by atoms with Crippen LogP contribution in [0, 0.1) is 3.57 Å². The molecule has 0 bridgehead atoms. The fourth-order valence-corrected chi connectivity index (χ4v) is 5.23. The Balaban J connectivity index is 0.000000343. The summed E-state index contributed by atoms with van der Waals surface area (Å²) in [6, 6.07) is 20.2. The van der Waals surface area contributed by atoms with Crippen LogP contribution in [0.3, 0.4) is 0 Å². The molecule has 1 aliphatic carbocycles. The van der Waals surface area contributed by atoms with Crippen molar-refractivity contribution in [3.63, 3.8) is 0 Å². The summed E-state index contributed by atoms with van der Waals surface area (Å²) in [5.41, 5.74) is -2.50. The summed E-state index contributed by atoms with van der Waals surface area (Å²) in [5.74, 6) is 0.207. The Morgan fingerprint density at radius 1 is 1.00 bits per heavy atom. The maximum atomic E-state index is 12.9. The second-order valence-corrected chi connectivity index (χ2v) is 10.8. The van der Waals surface area contributed by atoms with E-state index < -0.39 is 15.6 Å². The quantitative estimate of drug-likeness (QED) is 0.192. The van der Waals surface area contributed by atoms with Crippen molar-refractivity contribution in [3.8, 4) is 0 Å². The highest BCUT2D eigenvalue weighted by Gasteiger charge is 2.37. The molecule has 0 radical (unpaired) electrons. The molecule has 160 valence electrons. The summed E-state index contributed by atoms with van der Waals surface area (Å²) in [7, 11) is -6.09. The number of halogens is 4. The molecule has 0 fully saturated rings. The predicted octanol–water partition coefficient (Wildman–Crippen LogP) is 1.87. The van der Waals surface area contributed by atoms with Crippen molar-refractivity contribution in [2.45, 2.75) is 25.3 Å². The maximum absolute atomic E-state index is 12.9. The monoisotopic (exact) mass is 550 g/mol. The number of carbonyl (C=O) groups excluding carboxylic acids is 1. The van der Waals surface area contributed by atoms with Crippen LogP contribution in [-0.4, -0.2) is 24.3 Å². The number of allylic oxidation sites excluding steroid dienone is 4. The first kappa shape index (κ1) is 24.3. The zero-order chi connectivity index (χ0) is 22.4. The number of hydrogen-bond acceptors (Lipinski definition) is 4. The van der Waals surface area contributed by atoms with E-state index in [1.807, 2.05) is 36.4 Å². The van der Waals surface area contributed by atoms with Gasteiger partial charge in [0.15, 0.2) is 23.1 Å². The molecule has 0 heterocycles. The smallest absolute Gasteiger partial charge is 0.485 e. The first-order valence-electron chi connectivity index (χ1n) is 8.68. The van der Waals surface area contributed by atoms with Gasteiger partial charge in [-0.3, -0.25) is 4.79 Å². The molecule has 0 aromatic heterocycles. The van der Waals surface area contributed by atoms with Crippen LogP contribution in [0.5, 0.6) is 0 Å². The normalized spacial score (nSPS) is 14.5. The summed E-state index contributed by atoms with van der Waals surface area (Å²) in [6.07, 6.45) is 4.01. The van der Waals surface area contributed by atoms with E-state index in [2.05, 4.69) is 37.3 Å². The van der Waals surface area contributed by atoms with E-state index in [0.29, 0.717) is 0 Å². The van der Waals surface area contributed by atoms with E-state index in [1.165, 1.54) is 12.7 Å². The van der Waals surface area contributed by atoms with Crippen LogP contribution in [0.2, 0.25) is 0 Å². The van der Waals surface area contributed by atoms with E-state index in [-0.39, 0.29) is 27.0 Å². The van der Waals surface area contributed by atoms with Crippen LogP contribution in [0.25, 0.3) is 0 Å². The van der Waals surface area contributed by atoms with Crippen LogP contribution in [0.1, 0.15) is 30.1 Å². The Bertz CT molecular complexity index is 1040. The number of rotatable bonds is 4. The topological polar surface area (TPSA) is 74.3 Å². The zero-order valence-electron chi connectivity index (χ0n) is 15.8. The van der Waals surface area contributed by atoms with Crippen LogP contribution in [0.4, 0.5) is 13.2 Å². The van der Waals surface area contributed by atoms with Crippen molar-refractivity contribution in [2.24, 2.45) is 0 Å². The molecule has 4 nitrogen and oxygen atoms in total. The lowest BCUT2D eigenvalue weighted by Crippen LogP contribution is -3.61. The van der Waals surface area contributed by atoms with Gasteiger partial charge in [0.25, 0.3) is 0 Å². The highest BCUT2D eigenvalue weighted by atomic mass is 127. The van der Waals surface area contributed by atoms with E-state index in [4.69, 9.17) is 13.0 Å². The molecule has 0 unspecified atom stereocenters. The fraction of sp³-hybridized carbons (Fsp3) is 0.190. The maximum Gasteiger partial charge on any atom is 0.485 e. The Labute approximate surface area is 183 Å². The Kier molecular flexibility index (Phi) is 8.39. The molecule has 1 aliphatic rings. The molecule has 9 heteroatoms. The minimum absolute atomic E-state index is 0.207. The molecule has 2 aromatic rings. The van der Waals surface area contributed by atoms with Gasteiger partial charge in [0.1, 0.15) is 0 Å². The third kappa shape index (κ3) is 7.06. The predicted molar refractivity (Wildman–Crippen MR) is 102 cm³/mol. The van der Waals surface area contributed by atoms with Crippen LogP contribution < -0.4 is 21.2 Å². The Morgan fingerprint density at radius 3 is 2.00 bits per heavy atom. The van der Waals surface area contributed by atoms with Gasteiger partial charge in [-0.2, -0.15) is 13.2 Å². The molecule has 0 saturated heterocycles. The number of ketones is 1. The summed E-state index contributed by atoms with van der Waals surface area (Å²) in [5, 5.41) is 0. The van der Waals surface area contributed by atoms with Gasteiger partial charge in [0.2, 0.25) is 0 Å². The van der Waals surface area contributed by atoms with E-state index >= 15 is 0 Å². The van der Waals surface area contributed by atoms with Crippen LogP contribution in [0.15, 0.2) is 81.5 Å². The van der Waals surface area contributed by atoms with Gasteiger partial charge in [0.05, 0.1) is 5.57 Å². The SMILES string of the molecule is CC1=CCC([I+]c2ccccc2)=C(C(=O)c2ccccc2)C1.O=S(=O)([O-])C(F)(F)F. The van der Waals surface area contributed by atoms with Crippen molar-refractivity contribution in [1.82, 2.24) is 0 Å². The van der Waals surface area contributed by atoms with Gasteiger partial charge in [-0.1, -0.05) is 60.2 Å². The van der Waals surface area contributed by atoms with Gasteiger partial charge in [-0.05, 0) is 19.1 Å². The number of Topliss-reactive ketones (excluding diaryl/α,β-unsaturated/α-hetero) is 1. The van der Waals surface area contributed by atoms with E-state index in [9.17, 15) is 18.0 Å². The number of hydrogen-bond donors (Lipinski definition) is 0. The van der Waals surface area contributed by atoms with Crippen LogP contribution in [-0.2, 0) is 10.1 Å².